The molecule has 0 spiro atoms. The molecule has 0 aromatic carbocycles. The van der Waals surface area contributed by atoms with Gasteiger partial charge in [-0.15, -0.1) is 11.3 Å². The molecule has 4 heteroatoms. The van der Waals surface area contributed by atoms with Gasteiger partial charge < -0.3 is 10.2 Å². The Morgan fingerprint density at radius 1 is 1.26 bits per heavy atom. The molecule has 3 nitrogen and oxygen atoms in total. The molecule has 0 bridgehead atoms. The summed E-state index contributed by atoms with van der Waals surface area (Å²) in [7, 11) is 0. The maximum atomic E-state index is 4.80. The van der Waals surface area contributed by atoms with E-state index in [1.54, 1.807) is 0 Å². The van der Waals surface area contributed by atoms with Crippen LogP contribution in [0.5, 0.6) is 0 Å². The second-order valence-electron chi connectivity index (χ2n) is 6.35. The first-order chi connectivity index (χ1) is 9.13. The number of aryl methyl sites for hydroxylation is 1. The Hall–Kier alpha value is -0.610. The van der Waals surface area contributed by atoms with Crippen molar-refractivity contribution in [3.63, 3.8) is 0 Å². The largest absolute Gasteiger partial charge is 0.348 e. The van der Waals surface area contributed by atoms with E-state index >= 15 is 0 Å². The number of hydrogen-bond acceptors (Lipinski definition) is 4. The molecule has 1 aromatic heterocycles. The summed E-state index contributed by atoms with van der Waals surface area (Å²) in [5, 5.41) is 4.84. The number of anilines is 1. The zero-order valence-electron chi connectivity index (χ0n) is 12.3. The van der Waals surface area contributed by atoms with Gasteiger partial charge in [0.1, 0.15) is 0 Å². The van der Waals surface area contributed by atoms with Crippen LogP contribution >= 0.6 is 11.3 Å². The highest BCUT2D eigenvalue weighted by Crippen LogP contribution is 2.32. The van der Waals surface area contributed by atoms with Crippen LogP contribution in [0.3, 0.4) is 0 Å². The van der Waals surface area contributed by atoms with Gasteiger partial charge in [-0.3, -0.25) is 0 Å². The Bertz CT molecular complexity index is 439. The third-order valence-corrected chi connectivity index (χ3v) is 5.83. The van der Waals surface area contributed by atoms with Crippen LogP contribution in [0.2, 0.25) is 0 Å². The molecular weight excluding hydrogens is 254 g/mol. The second-order valence-corrected chi connectivity index (χ2v) is 7.41. The number of thiazole rings is 1. The lowest BCUT2D eigenvalue weighted by atomic mass is 9.89. The minimum atomic E-state index is 0.779. The Kier molecular flexibility index (Phi) is 3.81. The lowest BCUT2D eigenvalue weighted by Gasteiger charge is -2.35. The van der Waals surface area contributed by atoms with Crippen molar-refractivity contribution in [1.29, 1.82) is 0 Å². The lowest BCUT2D eigenvalue weighted by molar-refractivity contribution is 0.324. The number of hydrogen-bond donors (Lipinski definition) is 1. The Morgan fingerprint density at radius 2 is 2.05 bits per heavy atom. The number of rotatable bonds is 4. The average Bonchev–Trinajstić information content (AvgIpc) is 3.14. The van der Waals surface area contributed by atoms with Crippen molar-refractivity contribution in [2.45, 2.75) is 52.6 Å². The highest BCUT2D eigenvalue weighted by Gasteiger charge is 2.25. The Morgan fingerprint density at radius 3 is 2.74 bits per heavy atom. The van der Waals surface area contributed by atoms with Crippen molar-refractivity contribution in [1.82, 2.24) is 10.3 Å². The monoisotopic (exact) mass is 279 g/mol. The number of piperidine rings is 1. The third kappa shape index (κ3) is 3.11. The minimum absolute atomic E-state index is 0.779. The van der Waals surface area contributed by atoms with Gasteiger partial charge >= 0.3 is 0 Å². The summed E-state index contributed by atoms with van der Waals surface area (Å²) in [6, 6.07) is 0.779. The first-order valence-corrected chi connectivity index (χ1v) is 8.39. The van der Waals surface area contributed by atoms with E-state index in [4.69, 9.17) is 4.98 Å². The van der Waals surface area contributed by atoms with Crippen molar-refractivity contribution < 1.29 is 0 Å². The van der Waals surface area contributed by atoms with E-state index in [1.165, 1.54) is 48.1 Å². The Labute approximate surface area is 120 Å². The molecule has 1 saturated heterocycles. The van der Waals surface area contributed by atoms with Crippen LogP contribution < -0.4 is 10.2 Å². The topological polar surface area (TPSA) is 28.2 Å². The van der Waals surface area contributed by atoms with E-state index < -0.39 is 0 Å². The number of nitrogens with zero attached hydrogens (tertiary/aromatic N) is 2. The molecule has 1 aliphatic heterocycles. The molecule has 1 aromatic rings. The van der Waals surface area contributed by atoms with Crippen LogP contribution in [0, 0.1) is 18.8 Å². The smallest absolute Gasteiger partial charge is 0.185 e. The van der Waals surface area contributed by atoms with E-state index in [0.29, 0.717) is 0 Å². The van der Waals surface area contributed by atoms with Crippen LogP contribution in [-0.2, 0) is 6.54 Å². The zero-order chi connectivity index (χ0) is 13.4. The molecule has 2 fully saturated rings. The molecule has 3 rings (SSSR count). The molecule has 1 aliphatic carbocycles. The predicted molar refractivity (Wildman–Crippen MR) is 81.9 cm³/mol. The van der Waals surface area contributed by atoms with Crippen LogP contribution in [0.15, 0.2) is 0 Å². The maximum Gasteiger partial charge on any atom is 0.185 e. The fraction of sp³-hybridized carbons (Fsp3) is 0.800. The zero-order valence-corrected chi connectivity index (χ0v) is 13.1. The summed E-state index contributed by atoms with van der Waals surface area (Å²) in [5.74, 6) is 1.64. The van der Waals surface area contributed by atoms with Crippen molar-refractivity contribution in [3.05, 3.63) is 10.6 Å². The van der Waals surface area contributed by atoms with Gasteiger partial charge in [0.15, 0.2) is 5.13 Å². The van der Waals surface area contributed by atoms with Gasteiger partial charge in [-0.25, -0.2) is 4.98 Å². The molecule has 2 heterocycles. The molecule has 19 heavy (non-hydrogen) atoms. The summed E-state index contributed by atoms with van der Waals surface area (Å²) in [6.07, 6.45) is 4.01. The molecule has 2 unspecified atom stereocenters. The van der Waals surface area contributed by atoms with Crippen LogP contribution in [-0.4, -0.2) is 24.1 Å². The maximum absolute atomic E-state index is 4.80. The van der Waals surface area contributed by atoms with Crippen molar-refractivity contribution >= 4 is 16.5 Å². The SMILES string of the molecule is Cc1nc(N2CCC(C)C(C)C2)sc1CNC1CC1. The van der Waals surface area contributed by atoms with Gasteiger partial charge in [-0.2, -0.15) is 0 Å². The van der Waals surface area contributed by atoms with Gasteiger partial charge in [0.05, 0.1) is 5.69 Å². The third-order valence-electron chi connectivity index (χ3n) is 4.61. The van der Waals surface area contributed by atoms with Crippen molar-refractivity contribution in [2.75, 3.05) is 18.0 Å². The molecule has 2 atom stereocenters. The van der Waals surface area contributed by atoms with E-state index in [9.17, 15) is 0 Å². The molecule has 2 aliphatic rings. The number of aromatic nitrogens is 1. The first-order valence-electron chi connectivity index (χ1n) is 7.58. The second kappa shape index (κ2) is 5.41. The predicted octanol–water partition coefficient (Wildman–Crippen LogP) is 3.19. The van der Waals surface area contributed by atoms with Crippen molar-refractivity contribution in [3.8, 4) is 0 Å². The van der Waals surface area contributed by atoms with Crippen molar-refractivity contribution in [2.24, 2.45) is 11.8 Å². The molecule has 0 radical (unpaired) electrons. The van der Waals surface area contributed by atoms with E-state index in [-0.39, 0.29) is 0 Å². The minimum Gasteiger partial charge on any atom is -0.348 e. The summed E-state index contributed by atoms with van der Waals surface area (Å²) < 4.78 is 0. The summed E-state index contributed by atoms with van der Waals surface area (Å²) in [4.78, 5) is 8.71. The quantitative estimate of drug-likeness (QED) is 0.917. The lowest BCUT2D eigenvalue weighted by Crippen LogP contribution is -2.38. The van der Waals surface area contributed by atoms with Crippen LogP contribution in [0.4, 0.5) is 5.13 Å². The van der Waals surface area contributed by atoms with E-state index in [0.717, 1.165) is 24.4 Å². The fourth-order valence-electron chi connectivity index (χ4n) is 2.67. The normalized spacial score (nSPS) is 27.8. The molecule has 1 saturated carbocycles. The van der Waals surface area contributed by atoms with Crippen LogP contribution in [0.1, 0.15) is 43.7 Å². The molecule has 1 N–H and O–H groups in total. The standard InChI is InChI=1S/C15H25N3S/c1-10-6-7-18(9-11(10)2)15-17-12(3)14(19-15)8-16-13-4-5-13/h10-11,13,16H,4-9H2,1-3H3. The van der Waals surface area contributed by atoms with E-state index in [2.05, 4.69) is 31.0 Å². The highest BCUT2D eigenvalue weighted by atomic mass is 32.1. The first kappa shape index (κ1) is 13.4. The van der Waals surface area contributed by atoms with Gasteiger partial charge in [-0.1, -0.05) is 13.8 Å². The van der Waals surface area contributed by atoms with Gasteiger partial charge in [0.25, 0.3) is 0 Å². The fourth-order valence-corrected chi connectivity index (χ4v) is 3.72. The van der Waals surface area contributed by atoms with Gasteiger partial charge in [-0.05, 0) is 38.0 Å². The Balaban J connectivity index is 1.65. The molecular formula is C15H25N3S. The van der Waals surface area contributed by atoms with Crippen LogP contribution in [0.25, 0.3) is 0 Å². The summed E-state index contributed by atoms with van der Waals surface area (Å²) in [6.45, 7) is 10.2. The molecule has 106 valence electrons. The van der Waals surface area contributed by atoms with E-state index in [1.807, 2.05) is 11.3 Å². The average molecular weight is 279 g/mol. The highest BCUT2D eigenvalue weighted by molar-refractivity contribution is 7.15. The van der Waals surface area contributed by atoms with Gasteiger partial charge in [0.2, 0.25) is 0 Å². The summed E-state index contributed by atoms with van der Waals surface area (Å²) >= 11 is 1.89. The molecule has 0 amide bonds. The summed E-state index contributed by atoms with van der Waals surface area (Å²) in [5.41, 5.74) is 1.22. The van der Waals surface area contributed by atoms with Gasteiger partial charge in [0, 0.05) is 30.6 Å². The number of nitrogens with one attached hydrogen (secondary N) is 1.